The number of nitrogens with one attached hydrogen (secondary N) is 1. The summed E-state index contributed by atoms with van der Waals surface area (Å²) in [5.74, 6) is 1.25. The molecule has 0 heterocycles. The Morgan fingerprint density at radius 2 is 2.27 bits per heavy atom. The molecule has 0 saturated carbocycles. The topological polar surface area (TPSA) is 21.3 Å². The van der Waals surface area contributed by atoms with Crippen molar-refractivity contribution in [3.05, 3.63) is 0 Å². The van der Waals surface area contributed by atoms with Crippen LogP contribution in [0.1, 0.15) is 12.8 Å². The Bertz CT molecular complexity index is 80.5. The van der Waals surface area contributed by atoms with Gasteiger partial charge in [0.2, 0.25) is 0 Å². The van der Waals surface area contributed by atoms with Gasteiger partial charge in [-0.25, -0.2) is 0 Å². The third-order valence-corrected chi connectivity index (χ3v) is 2.37. The lowest BCUT2D eigenvalue weighted by Crippen LogP contribution is -2.29. The van der Waals surface area contributed by atoms with Crippen molar-refractivity contribution in [2.45, 2.75) is 18.9 Å². The first-order valence-electron chi connectivity index (χ1n) is 4.00. The average molecular weight is 177 g/mol. The van der Waals surface area contributed by atoms with Crippen molar-refractivity contribution in [1.82, 2.24) is 5.32 Å². The maximum absolute atomic E-state index is 5.06. The van der Waals surface area contributed by atoms with Crippen LogP contribution in [0.4, 0.5) is 0 Å². The molecule has 0 aromatic heterocycles. The zero-order valence-electron chi connectivity index (χ0n) is 7.72. The number of likely N-dealkylation sites (N-methyl/N-ethyl adjacent to an activating group) is 1. The number of hydrogen-bond acceptors (Lipinski definition) is 3. The number of ether oxygens (including phenoxy) is 1. The van der Waals surface area contributed by atoms with Gasteiger partial charge in [0, 0.05) is 13.2 Å². The van der Waals surface area contributed by atoms with Crippen molar-refractivity contribution < 1.29 is 4.74 Å². The zero-order valence-corrected chi connectivity index (χ0v) is 8.54. The highest BCUT2D eigenvalue weighted by atomic mass is 32.2. The third kappa shape index (κ3) is 6.66. The molecule has 0 radical (unpaired) electrons. The van der Waals surface area contributed by atoms with Gasteiger partial charge in [-0.2, -0.15) is 11.8 Å². The summed E-state index contributed by atoms with van der Waals surface area (Å²) in [4.78, 5) is 0. The maximum atomic E-state index is 5.06. The highest BCUT2D eigenvalue weighted by Crippen LogP contribution is 2.02. The van der Waals surface area contributed by atoms with Gasteiger partial charge in [-0.15, -0.1) is 0 Å². The molecule has 0 amide bonds. The lowest BCUT2D eigenvalue weighted by molar-refractivity contribution is 0.166. The van der Waals surface area contributed by atoms with E-state index in [2.05, 4.69) is 11.6 Å². The minimum Gasteiger partial charge on any atom is -0.383 e. The molecular weight excluding hydrogens is 158 g/mol. The Hall–Kier alpha value is 0.270. The lowest BCUT2D eigenvalue weighted by Gasteiger charge is -2.13. The van der Waals surface area contributed by atoms with Gasteiger partial charge in [0.05, 0.1) is 6.61 Å². The van der Waals surface area contributed by atoms with Crippen molar-refractivity contribution in [1.29, 1.82) is 0 Å². The first-order chi connectivity index (χ1) is 5.35. The SMILES string of the molecule is CNC(CCCSC)COC. The Labute approximate surface area is 74.1 Å². The van der Waals surface area contributed by atoms with Crippen LogP contribution in [0.15, 0.2) is 0 Å². The average Bonchev–Trinajstić information content (AvgIpc) is 2.03. The fourth-order valence-corrected chi connectivity index (χ4v) is 1.44. The van der Waals surface area contributed by atoms with Crippen LogP contribution < -0.4 is 5.32 Å². The van der Waals surface area contributed by atoms with Crippen molar-refractivity contribution in [3.8, 4) is 0 Å². The molecule has 0 aliphatic rings. The summed E-state index contributed by atoms with van der Waals surface area (Å²) in [6.07, 6.45) is 4.63. The van der Waals surface area contributed by atoms with Crippen molar-refractivity contribution >= 4 is 11.8 Å². The monoisotopic (exact) mass is 177 g/mol. The van der Waals surface area contributed by atoms with Crippen LogP contribution in [0.5, 0.6) is 0 Å². The first kappa shape index (κ1) is 11.3. The van der Waals surface area contributed by atoms with Gasteiger partial charge in [-0.05, 0) is 31.9 Å². The normalized spacial score (nSPS) is 13.4. The number of rotatable bonds is 7. The summed E-state index contributed by atoms with van der Waals surface area (Å²) in [6.45, 7) is 0.824. The molecule has 0 aliphatic carbocycles. The van der Waals surface area contributed by atoms with Gasteiger partial charge in [0.25, 0.3) is 0 Å². The van der Waals surface area contributed by atoms with Crippen molar-refractivity contribution in [2.24, 2.45) is 0 Å². The Balaban J connectivity index is 3.20. The standard InChI is InChI=1S/C8H19NOS/c1-9-8(7-10-2)5-4-6-11-3/h8-9H,4-7H2,1-3H3. The van der Waals surface area contributed by atoms with E-state index in [-0.39, 0.29) is 0 Å². The largest absolute Gasteiger partial charge is 0.383 e. The van der Waals surface area contributed by atoms with E-state index in [4.69, 9.17) is 4.74 Å². The summed E-state index contributed by atoms with van der Waals surface area (Å²) in [6, 6.07) is 0.534. The molecule has 3 heteroatoms. The zero-order chi connectivity index (χ0) is 8.53. The van der Waals surface area contributed by atoms with Gasteiger partial charge in [0.15, 0.2) is 0 Å². The summed E-state index contributed by atoms with van der Waals surface area (Å²) in [5.41, 5.74) is 0. The molecule has 0 aromatic carbocycles. The molecule has 0 aromatic rings. The minimum absolute atomic E-state index is 0.534. The molecular formula is C8H19NOS. The lowest BCUT2D eigenvalue weighted by atomic mass is 10.2. The Morgan fingerprint density at radius 3 is 2.73 bits per heavy atom. The maximum Gasteiger partial charge on any atom is 0.0615 e. The van der Waals surface area contributed by atoms with E-state index >= 15 is 0 Å². The van der Waals surface area contributed by atoms with Crippen LogP contribution in [0.2, 0.25) is 0 Å². The van der Waals surface area contributed by atoms with Crippen LogP contribution in [0.25, 0.3) is 0 Å². The van der Waals surface area contributed by atoms with E-state index in [1.165, 1.54) is 18.6 Å². The molecule has 0 bridgehead atoms. The predicted molar refractivity (Wildman–Crippen MR) is 52.3 cm³/mol. The highest BCUT2D eigenvalue weighted by molar-refractivity contribution is 7.98. The minimum atomic E-state index is 0.534. The van der Waals surface area contributed by atoms with Crippen LogP contribution >= 0.6 is 11.8 Å². The summed E-state index contributed by atoms with van der Waals surface area (Å²) in [7, 11) is 3.74. The first-order valence-corrected chi connectivity index (χ1v) is 5.39. The number of methoxy groups -OCH3 is 1. The summed E-state index contributed by atoms with van der Waals surface area (Å²) < 4.78 is 5.06. The molecule has 68 valence electrons. The van der Waals surface area contributed by atoms with E-state index in [1.807, 2.05) is 18.8 Å². The summed E-state index contributed by atoms with van der Waals surface area (Å²) >= 11 is 1.90. The van der Waals surface area contributed by atoms with E-state index in [1.54, 1.807) is 7.11 Å². The second-order valence-corrected chi connectivity index (χ2v) is 3.56. The fourth-order valence-electron chi connectivity index (χ4n) is 0.986. The Kier molecular flexibility index (Phi) is 8.57. The van der Waals surface area contributed by atoms with Crippen molar-refractivity contribution in [2.75, 3.05) is 32.8 Å². The summed E-state index contributed by atoms with van der Waals surface area (Å²) in [5, 5.41) is 3.23. The number of thioether (sulfide) groups is 1. The van der Waals surface area contributed by atoms with Gasteiger partial charge >= 0.3 is 0 Å². The quantitative estimate of drug-likeness (QED) is 0.593. The molecule has 0 saturated heterocycles. The van der Waals surface area contributed by atoms with Gasteiger partial charge in [-0.3, -0.25) is 0 Å². The van der Waals surface area contributed by atoms with Gasteiger partial charge in [0.1, 0.15) is 0 Å². The van der Waals surface area contributed by atoms with E-state index in [9.17, 15) is 0 Å². The molecule has 11 heavy (non-hydrogen) atoms. The van der Waals surface area contributed by atoms with Crippen LogP contribution in [-0.4, -0.2) is 38.8 Å². The molecule has 1 N–H and O–H groups in total. The fraction of sp³-hybridized carbons (Fsp3) is 1.00. The third-order valence-electron chi connectivity index (χ3n) is 1.68. The molecule has 0 fully saturated rings. The predicted octanol–water partition coefficient (Wildman–Crippen LogP) is 1.36. The van der Waals surface area contributed by atoms with Crippen LogP contribution in [0, 0.1) is 0 Å². The van der Waals surface area contributed by atoms with Crippen LogP contribution in [0.3, 0.4) is 0 Å². The molecule has 1 unspecified atom stereocenters. The second-order valence-electron chi connectivity index (χ2n) is 2.58. The molecule has 1 atom stereocenters. The molecule has 0 spiro atoms. The molecule has 0 aliphatic heterocycles. The molecule has 2 nitrogen and oxygen atoms in total. The van der Waals surface area contributed by atoms with Gasteiger partial charge in [-0.1, -0.05) is 0 Å². The van der Waals surface area contributed by atoms with E-state index in [0.29, 0.717) is 6.04 Å². The van der Waals surface area contributed by atoms with Gasteiger partial charge < -0.3 is 10.1 Å². The molecule has 0 rings (SSSR count). The van der Waals surface area contributed by atoms with E-state index in [0.717, 1.165) is 6.61 Å². The van der Waals surface area contributed by atoms with Crippen molar-refractivity contribution in [3.63, 3.8) is 0 Å². The Morgan fingerprint density at radius 1 is 1.55 bits per heavy atom. The van der Waals surface area contributed by atoms with E-state index < -0.39 is 0 Å². The smallest absolute Gasteiger partial charge is 0.0615 e. The second kappa shape index (κ2) is 8.37. The highest BCUT2D eigenvalue weighted by Gasteiger charge is 2.03. The number of hydrogen-bond donors (Lipinski definition) is 1. The van der Waals surface area contributed by atoms with Crippen LogP contribution in [-0.2, 0) is 4.74 Å².